The maximum Gasteiger partial charge on any atom is 0.505 e. The molecule has 1 aromatic carbocycles. The first-order valence-electron chi connectivity index (χ1n) is 16.7. The highest BCUT2D eigenvalue weighted by atomic mass is 32.1. The molecule has 0 atom stereocenters. The van der Waals surface area contributed by atoms with Gasteiger partial charge in [-0.1, -0.05) is 52.4 Å². The van der Waals surface area contributed by atoms with Crippen molar-refractivity contribution in [2.24, 2.45) is 0 Å². The van der Waals surface area contributed by atoms with Crippen LogP contribution in [-0.4, -0.2) is 49.9 Å². The quantitative estimate of drug-likeness (QED) is 0.130. The van der Waals surface area contributed by atoms with Crippen LogP contribution in [0, 0.1) is 0 Å². The van der Waals surface area contributed by atoms with Gasteiger partial charge in [-0.2, -0.15) is 0 Å². The second kappa shape index (κ2) is 13.1. The molecular weight excluding hydrogens is 590 g/mol. The molecule has 3 aromatic rings. The van der Waals surface area contributed by atoms with E-state index in [1.807, 2.05) is 0 Å². The summed E-state index contributed by atoms with van der Waals surface area (Å²) in [6.07, 6.45) is 9.20. The number of rotatable bonds is 14. The van der Waals surface area contributed by atoms with Gasteiger partial charge in [0.1, 0.15) is 11.5 Å². The molecule has 0 aliphatic carbocycles. The minimum atomic E-state index is -0.439. The van der Waals surface area contributed by atoms with Crippen molar-refractivity contribution in [1.29, 1.82) is 0 Å². The summed E-state index contributed by atoms with van der Waals surface area (Å²) in [5.41, 5.74) is -1.65. The number of hydrogen-bond donors (Lipinski definition) is 0. The van der Waals surface area contributed by atoms with Crippen LogP contribution in [0.3, 0.4) is 0 Å². The van der Waals surface area contributed by atoms with E-state index >= 15 is 0 Å². The van der Waals surface area contributed by atoms with Crippen LogP contribution in [0.1, 0.15) is 121 Å². The van der Waals surface area contributed by atoms with E-state index in [1.165, 1.54) is 25.7 Å². The van der Waals surface area contributed by atoms with E-state index in [9.17, 15) is 0 Å². The highest BCUT2D eigenvalue weighted by molar-refractivity contribution is 7.30. The van der Waals surface area contributed by atoms with Crippen molar-refractivity contribution in [3.8, 4) is 11.5 Å². The average molecular weight is 643 g/mol. The molecule has 44 heavy (non-hydrogen) atoms. The molecule has 0 saturated carbocycles. The van der Waals surface area contributed by atoms with Gasteiger partial charge in [0.15, 0.2) is 0 Å². The first-order chi connectivity index (χ1) is 20.7. The minimum absolute atomic E-state index is 0.414. The molecule has 2 aliphatic rings. The Hall–Kier alpha value is -1.29. The van der Waals surface area contributed by atoms with Crippen LogP contribution in [0.4, 0.5) is 0 Å². The van der Waals surface area contributed by atoms with E-state index in [4.69, 9.17) is 28.1 Å². The van der Waals surface area contributed by atoms with Crippen molar-refractivity contribution >= 4 is 66.6 Å². The van der Waals surface area contributed by atoms with Crippen molar-refractivity contribution in [1.82, 2.24) is 0 Å². The van der Waals surface area contributed by atoms with Gasteiger partial charge in [0, 0.05) is 20.3 Å². The Morgan fingerprint density at radius 1 is 0.545 bits per heavy atom. The van der Waals surface area contributed by atoms with Crippen LogP contribution in [0.2, 0.25) is 0 Å². The van der Waals surface area contributed by atoms with Gasteiger partial charge >= 0.3 is 14.2 Å². The van der Waals surface area contributed by atoms with Gasteiger partial charge in [0.25, 0.3) is 0 Å². The second-order valence-corrected chi connectivity index (χ2v) is 16.6. The molecule has 2 aliphatic heterocycles. The first-order valence-corrected chi connectivity index (χ1v) is 18.3. The molecule has 0 bridgehead atoms. The van der Waals surface area contributed by atoms with Gasteiger partial charge in [0.2, 0.25) is 0 Å². The van der Waals surface area contributed by atoms with Crippen LogP contribution in [0.5, 0.6) is 11.5 Å². The van der Waals surface area contributed by atoms with Crippen LogP contribution >= 0.6 is 22.7 Å². The van der Waals surface area contributed by atoms with Crippen LogP contribution in [-0.2, 0) is 18.6 Å². The van der Waals surface area contributed by atoms with Crippen molar-refractivity contribution in [2.75, 3.05) is 13.2 Å². The summed E-state index contributed by atoms with van der Waals surface area (Å²) >= 11 is 3.39. The Morgan fingerprint density at radius 2 is 0.886 bits per heavy atom. The highest BCUT2D eigenvalue weighted by Gasteiger charge is 2.53. The van der Waals surface area contributed by atoms with E-state index < -0.39 is 36.6 Å². The second-order valence-electron chi connectivity index (χ2n) is 14.4. The summed E-state index contributed by atoms with van der Waals surface area (Å²) in [5, 5.41) is 2.13. The number of ether oxygens (including phenoxy) is 2. The van der Waals surface area contributed by atoms with E-state index in [0.717, 1.165) is 66.9 Å². The first kappa shape index (κ1) is 34.1. The van der Waals surface area contributed by atoms with Gasteiger partial charge in [-0.3, -0.25) is 0 Å². The van der Waals surface area contributed by atoms with Crippen molar-refractivity contribution in [3.05, 3.63) is 12.1 Å². The predicted molar refractivity (Wildman–Crippen MR) is 188 cm³/mol. The Morgan fingerprint density at radius 3 is 1.20 bits per heavy atom. The number of thiophene rings is 2. The number of unbranched alkanes of at least 4 members (excludes halogenated alkanes) is 6. The summed E-state index contributed by atoms with van der Waals surface area (Å²) in [6, 6.07) is 4.42. The zero-order chi connectivity index (χ0) is 31.9. The van der Waals surface area contributed by atoms with Crippen molar-refractivity contribution < 1.29 is 28.1 Å². The molecule has 5 rings (SSSR count). The van der Waals surface area contributed by atoms with E-state index in [2.05, 4.69) is 81.4 Å². The largest absolute Gasteiger partial charge is 0.505 e. The third-order valence-corrected chi connectivity index (χ3v) is 12.2. The monoisotopic (exact) mass is 642 g/mol. The summed E-state index contributed by atoms with van der Waals surface area (Å²) in [6.45, 7) is 22.6. The lowest BCUT2D eigenvalue weighted by molar-refractivity contribution is 0.00578. The fourth-order valence-corrected chi connectivity index (χ4v) is 7.84. The van der Waals surface area contributed by atoms with Crippen LogP contribution < -0.4 is 19.0 Å². The molecule has 2 saturated heterocycles. The molecule has 4 heterocycles. The lowest BCUT2D eigenvalue weighted by Crippen LogP contribution is -2.41. The van der Waals surface area contributed by atoms with Gasteiger partial charge in [-0.25, -0.2) is 0 Å². The average Bonchev–Trinajstić information content (AvgIpc) is 3.66. The summed E-state index contributed by atoms with van der Waals surface area (Å²) in [5.74, 6) is 1.83. The number of hydrogen-bond acceptors (Lipinski definition) is 8. The number of fused-ring (bicyclic) bond motifs is 2. The lowest BCUT2D eigenvalue weighted by Gasteiger charge is -2.32. The zero-order valence-corrected chi connectivity index (χ0v) is 30.3. The third-order valence-electron chi connectivity index (χ3n) is 9.86. The van der Waals surface area contributed by atoms with E-state index in [-0.39, 0.29) is 0 Å². The Balaban J connectivity index is 1.61. The van der Waals surface area contributed by atoms with Crippen LogP contribution in [0.15, 0.2) is 12.1 Å². The molecule has 0 spiro atoms. The fraction of sp³-hybridized carbons (Fsp3) is 0.706. The van der Waals surface area contributed by atoms with Gasteiger partial charge in [-0.15, -0.1) is 22.7 Å². The molecule has 0 unspecified atom stereocenters. The SMILES string of the molecule is CCCCCCOc1c2cc(B3OC(C)(C)C(C)(C)O3)sc2c(OCCCCCC)c2cc(B3OC(C)(C)C(C)(C)O3)sc12. The lowest BCUT2D eigenvalue weighted by atomic mass is 9.87. The minimum Gasteiger partial charge on any atom is -0.491 e. The summed E-state index contributed by atoms with van der Waals surface area (Å²) in [7, 11) is -0.879. The molecule has 242 valence electrons. The van der Waals surface area contributed by atoms with Crippen LogP contribution in [0.25, 0.3) is 20.2 Å². The topological polar surface area (TPSA) is 55.4 Å². The fourth-order valence-electron chi connectivity index (χ4n) is 5.58. The van der Waals surface area contributed by atoms with Gasteiger partial charge in [0.05, 0.1) is 45.0 Å². The Kier molecular flexibility index (Phi) is 10.1. The molecule has 0 radical (unpaired) electrons. The Bertz CT molecular complexity index is 1250. The molecule has 10 heteroatoms. The maximum absolute atomic E-state index is 6.71. The van der Waals surface area contributed by atoms with Crippen molar-refractivity contribution in [3.63, 3.8) is 0 Å². The molecule has 2 aromatic heterocycles. The van der Waals surface area contributed by atoms with Gasteiger partial charge < -0.3 is 28.1 Å². The third kappa shape index (κ3) is 6.59. The Labute approximate surface area is 273 Å². The standard InChI is InChI=1S/C34H52B2O6S2/c1-11-13-15-17-19-37-27-23-21-25(35-39-31(3,4)32(5,6)40-35)44-30(23)28(38-20-18-16-14-12-2)24-22-26(43-29(24)27)36-41-33(7,8)34(9,10)42-36/h21-22H,11-20H2,1-10H3. The van der Waals surface area contributed by atoms with E-state index in [1.54, 1.807) is 22.7 Å². The predicted octanol–water partition coefficient (Wildman–Crippen LogP) is 8.63. The normalized spacial score (nSPS) is 20.3. The maximum atomic E-state index is 6.71. The molecular formula is C34H52B2O6S2. The van der Waals surface area contributed by atoms with Crippen molar-refractivity contribution in [2.45, 2.75) is 143 Å². The molecule has 0 N–H and O–H groups in total. The van der Waals surface area contributed by atoms with E-state index in [0.29, 0.717) is 13.2 Å². The molecule has 0 amide bonds. The highest BCUT2D eigenvalue weighted by Crippen LogP contribution is 2.48. The molecule has 2 fully saturated rings. The summed E-state index contributed by atoms with van der Waals surface area (Å²) < 4.78 is 43.6. The smallest absolute Gasteiger partial charge is 0.491 e. The molecule has 6 nitrogen and oxygen atoms in total. The summed E-state index contributed by atoms with van der Waals surface area (Å²) in [4.78, 5) is 0. The van der Waals surface area contributed by atoms with Gasteiger partial charge in [-0.05, 0) is 80.4 Å². The zero-order valence-electron chi connectivity index (χ0n) is 28.6. The number of benzene rings is 1.